The van der Waals surface area contributed by atoms with Crippen LogP contribution in [0.5, 0.6) is 0 Å². The van der Waals surface area contributed by atoms with Crippen molar-refractivity contribution >= 4 is 0 Å². The summed E-state index contributed by atoms with van der Waals surface area (Å²) in [7, 11) is 4.17. The monoisotopic (exact) mass is 283 g/mol. The lowest BCUT2D eigenvalue weighted by molar-refractivity contribution is 0.115. The summed E-state index contributed by atoms with van der Waals surface area (Å²) in [6, 6.07) is 1.47. The molecule has 0 amide bonds. The largest absolute Gasteiger partial charge is 0.379 e. The van der Waals surface area contributed by atoms with Crippen molar-refractivity contribution in [1.29, 1.82) is 0 Å². The lowest BCUT2D eigenvalue weighted by Crippen LogP contribution is -2.47. The Balaban J connectivity index is 1.59. The van der Waals surface area contributed by atoms with E-state index in [1.165, 1.54) is 45.1 Å². The van der Waals surface area contributed by atoms with E-state index in [0.717, 1.165) is 38.3 Å². The maximum absolute atomic E-state index is 5.67. The van der Waals surface area contributed by atoms with E-state index in [1.807, 2.05) is 0 Å². The number of rotatable bonds is 8. The fraction of sp³-hybridized carbons (Fsp3) is 1.00. The van der Waals surface area contributed by atoms with Crippen LogP contribution in [0.2, 0.25) is 0 Å². The summed E-state index contributed by atoms with van der Waals surface area (Å²) in [5.74, 6) is 0.845. The van der Waals surface area contributed by atoms with Crippen LogP contribution in [0.3, 0.4) is 0 Å². The highest BCUT2D eigenvalue weighted by atomic mass is 16.5. The minimum atomic E-state index is 0.711. The van der Waals surface area contributed by atoms with Gasteiger partial charge in [0.05, 0.1) is 13.2 Å². The van der Waals surface area contributed by atoms with Gasteiger partial charge in [0.1, 0.15) is 0 Å². The van der Waals surface area contributed by atoms with E-state index in [2.05, 4.69) is 29.6 Å². The predicted molar refractivity (Wildman–Crippen MR) is 84.1 cm³/mol. The lowest BCUT2D eigenvalue weighted by Gasteiger charge is -2.33. The first-order chi connectivity index (χ1) is 9.77. The molecule has 3 unspecified atom stereocenters. The Hall–Kier alpha value is -0.160. The van der Waals surface area contributed by atoms with Gasteiger partial charge >= 0.3 is 0 Å². The summed E-state index contributed by atoms with van der Waals surface area (Å²) < 4.78 is 5.67. The zero-order valence-electron chi connectivity index (χ0n) is 13.4. The molecule has 20 heavy (non-hydrogen) atoms. The van der Waals surface area contributed by atoms with E-state index in [9.17, 15) is 0 Å². The molecule has 1 aliphatic heterocycles. The number of hydrogen-bond donors (Lipinski definition) is 2. The molecule has 0 aromatic heterocycles. The first kappa shape index (κ1) is 16.2. The van der Waals surface area contributed by atoms with Crippen LogP contribution in [0.15, 0.2) is 0 Å². The Kier molecular flexibility index (Phi) is 7.28. The first-order valence-corrected chi connectivity index (χ1v) is 8.46. The van der Waals surface area contributed by atoms with Crippen LogP contribution < -0.4 is 10.6 Å². The van der Waals surface area contributed by atoms with Crippen LogP contribution in [0.1, 0.15) is 38.5 Å². The molecular weight excluding hydrogens is 250 g/mol. The molecule has 2 N–H and O–H groups in total. The topological polar surface area (TPSA) is 36.5 Å². The van der Waals surface area contributed by atoms with Gasteiger partial charge in [-0.15, -0.1) is 0 Å². The molecule has 0 spiro atoms. The molecule has 2 rings (SSSR count). The fourth-order valence-electron chi connectivity index (χ4n) is 3.63. The van der Waals surface area contributed by atoms with Crippen molar-refractivity contribution in [2.45, 2.75) is 50.6 Å². The van der Waals surface area contributed by atoms with Gasteiger partial charge in [0.15, 0.2) is 0 Å². The Bertz CT molecular complexity index is 254. The van der Waals surface area contributed by atoms with Crippen LogP contribution in [0, 0.1) is 5.92 Å². The molecule has 1 heterocycles. The van der Waals surface area contributed by atoms with Crippen molar-refractivity contribution in [2.75, 3.05) is 46.9 Å². The van der Waals surface area contributed by atoms with Crippen LogP contribution >= 0.6 is 0 Å². The minimum absolute atomic E-state index is 0.711. The summed E-state index contributed by atoms with van der Waals surface area (Å²) in [5, 5.41) is 7.48. The van der Waals surface area contributed by atoms with Crippen molar-refractivity contribution in [3.8, 4) is 0 Å². The minimum Gasteiger partial charge on any atom is -0.379 e. The van der Waals surface area contributed by atoms with Crippen molar-refractivity contribution in [2.24, 2.45) is 5.92 Å². The van der Waals surface area contributed by atoms with Crippen LogP contribution in [0.25, 0.3) is 0 Å². The molecule has 2 aliphatic rings. The summed E-state index contributed by atoms with van der Waals surface area (Å²) in [6.45, 7) is 4.92. The average Bonchev–Trinajstić information content (AvgIpc) is 2.92. The molecule has 4 heteroatoms. The van der Waals surface area contributed by atoms with Crippen molar-refractivity contribution in [3.05, 3.63) is 0 Å². The van der Waals surface area contributed by atoms with E-state index < -0.39 is 0 Å². The second-order valence-corrected chi connectivity index (χ2v) is 6.63. The molecule has 1 saturated carbocycles. The maximum atomic E-state index is 5.67. The number of hydrogen-bond acceptors (Lipinski definition) is 4. The van der Waals surface area contributed by atoms with Crippen molar-refractivity contribution < 1.29 is 4.74 Å². The normalized spacial score (nSPS) is 31.1. The second kappa shape index (κ2) is 8.98. The van der Waals surface area contributed by atoms with E-state index in [-0.39, 0.29) is 0 Å². The fourth-order valence-corrected chi connectivity index (χ4v) is 3.63. The zero-order chi connectivity index (χ0) is 14.2. The lowest BCUT2D eigenvalue weighted by atomic mass is 9.88. The highest BCUT2D eigenvalue weighted by Crippen LogP contribution is 2.31. The van der Waals surface area contributed by atoms with Crippen LogP contribution in [-0.2, 0) is 4.74 Å². The molecule has 0 radical (unpaired) electrons. The van der Waals surface area contributed by atoms with Gasteiger partial charge in [-0.05, 0) is 52.2 Å². The zero-order valence-corrected chi connectivity index (χ0v) is 13.4. The third-order valence-corrected chi connectivity index (χ3v) is 4.77. The molecule has 1 saturated heterocycles. The number of ether oxygens (including phenoxy) is 1. The van der Waals surface area contributed by atoms with Gasteiger partial charge in [0.25, 0.3) is 0 Å². The van der Waals surface area contributed by atoms with Crippen molar-refractivity contribution in [3.63, 3.8) is 0 Å². The Morgan fingerprint density at radius 1 is 1.10 bits per heavy atom. The standard InChI is InChI=1S/C16H33N3O/c1-19(2)11-13-20-12-10-18-16-8-5-6-14(16)15-7-3-4-9-17-15/h14-18H,3-13H2,1-2H3. The quantitative estimate of drug-likeness (QED) is 0.661. The van der Waals surface area contributed by atoms with Gasteiger partial charge in [0.2, 0.25) is 0 Å². The molecular formula is C16H33N3O. The summed E-state index contributed by atoms with van der Waals surface area (Å²) in [4.78, 5) is 2.16. The molecule has 4 nitrogen and oxygen atoms in total. The summed E-state index contributed by atoms with van der Waals surface area (Å²) >= 11 is 0. The van der Waals surface area contributed by atoms with Gasteiger partial charge < -0.3 is 20.3 Å². The molecule has 0 aromatic rings. The highest BCUT2D eigenvalue weighted by Gasteiger charge is 2.33. The molecule has 2 fully saturated rings. The smallest absolute Gasteiger partial charge is 0.0593 e. The number of nitrogens with zero attached hydrogens (tertiary/aromatic N) is 1. The highest BCUT2D eigenvalue weighted by molar-refractivity contribution is 4.92. The molecule has 3 atom stereocenters. The Morgan fingerprint density at radius 2 is 2.00 bits per heavy atom. The number of nitrogens with one attached hydrogen (secondary N) is 2. The van der Waals surface area contributed by atoms with E-state index in [4.69, 9.17) is 4.74 Å². The third kappa shape index (κ3) is 5.32. The van der Waals surface area contributed by atoms with E-state index in [1.54, 1.807) is 0 Å². The third-order valence-electron chi connectivity index (χ3n) is 4.77. The predicted octanol–water partition coefficient (Wildman–Crippen LogP) is 1.47. The van der Waals surface area contributed by atoms with Gasteiger partial charge in [-0.25, -0.2) is 0 Å². The summed E-state index contributed by atoms with van der Waals surface area (Å²) in [6.07, 6.45) is 8.29. The van der Waals surface area contributed by atoms with Gasteiger partial charge in [-0.2, -0.15) is 0 Å². The number of piperidine rings is 1. The van der Waals surface area contributed by atoms with Gasteiger partial charge in [0, 0.05) is 25.2 Å². The molecule has 0 aromatic carbocycles. The van der Waals surface area contributed by atoms with Gasteiger partial charge in [-0.3, -0.25) is 0 Å². The summed E-state index contributed by atoms with van der Waals surface area (Å²) in [5.41, 5.74) is 0. The van der Waals surface area contributed by atoms with Crippen LogP contribution in [0.4, 0.5) is 0 Å². The maximum Gasteiger partial charge on any atom is 0.0593 e. The van der Waals surface area contributed by atoms with Crippen molar-refractivity contribution in [1.82, 2.24) is 15.5 Å². The van der Waals surface area contributed by atoms with Crippen LogP contribution in [-0.4, -0.2) is 63.9 Å². The Labute approximate surface area is 124 Å². The molecule has 0 bridgehead atoms. The Morgan fingerprint density at radius 3 is 2.75 bits per heavy atom. The SMILES string of the molecule is CN(C)CCOCCNC1CCCC1C1CCCCN1. The molecule has 1 aliphatic carbocycles. The second-order valence-electron chi connectivity index (χ2n) is 6.63. The average molecular weight is 283 g/mol. The van der Waals surface area contributed by atoms with Gasteiger partial charge in [-0.1, -0.05) is 12.8 Å². The first-order valence-electron chi connectivity index (χ1n) is 8.46. The van der Waals surface area contributed by atoms with E-state index in [0.29, 0.717) is 6.04 Å². The number of likely N-dealkylation sites (N-methyl/N-ethyl adjacent to an activating group) is 1. The van der Waals surface area contributed by atoms with E-state index >= 15 is 0 Å². The molecule has 118 valence electrons.